The quantitative estimate of drug-likeness (QED) is 0.438. The molecule has 0 N–H and O–H groups in total. The van der Waals surface area contributed by atoms with Gasteiger partial charge in [0.2, 0.25) is 5.71 Å². The molecule has 0 bridgehead atoms. The molecule has 0 aliphatic carbocycles. The molecule has 2 aromatic carbocycles. The summed E-state index contributed by atoms with van der Waals surface area (Å²) in [4.78, 5) is 31.7. The Kier molecular flexibility index (Phi) is 5.93. The fraction of sp³-hybridized carbons (Fsp3) is 0.321. The number of furan rings is 1. The van der Waals surface area contributed by atoms with E-state index in [1.807, 2.05) is 24.0 Å². The molecule has 36 heavy (non-hydrogen) atoms. The van der Waals surface area contributed by atoms with E-state index in [9.17, 15) is 4.79 Å². The Morgan fingerprint density at radius 3 is 1.83 bits per heavy atom. The molecule has 0 radical (unpaired) electrons. The number of para-hydroxylation sites is 2. The SMILES string of the molecule is Cc1oc2ncnc(N3CCN(c4ccccc4)CC3)c2c1C(=O)N1CCN(c2ccccc2)CC1. The lowest BCUT2D eigenvalue weighted by Crippen LogP contribution is -2.49. The van der Waals surface area contributed by atoms with Crippen molar-refractivity contribution in [1.82, 2.24) is 14.9 Å². The molecule has 4 heterocycles. The van der Waals surface area contributed by atoms with Crippen LogP contribution in [-0.4, -0.2) is 73.1 Å². The van der Waals surface area contributed by atoms with Crippen LogP contribution in [0.5, 0.6) is 0 Å². The molecule has 4 aromatic rings. The molecule has 0 spiro atoms. The second-order valence-corrected chi connectivity index (χ2v) is 9.34. The van der Waals surface area contributed by atoms with Crippen LogP contribution in [0.15, 0.2) is 71.4 Å². The molecule has 2 fully saturated rings. The number of hydrogen-bond donors (Lipinski definition) is 0. The maximum Gasteiger partial charge on any atom is 0.258 e. The van der Waals surface area contributed by atoms with Gasteiger partial charge in [-0.1, -0.05) is 36.4 Å². The molecule has 2 aliphatic rings. The van der Waals surface area contributed by atoms with Crippen LogP contribution >= 0.6 is 0 Å². The number of anilines is 3. The average molecular weight is 483 g/mol. The Hall–Kier alpha value is -4.07. The molecule has 2 saturated heterocycles. The number of rotatable bonds is 4. The summed E-state index contributed by atoms with van der Waals surface area (Å²) in [6.45, 7) is 8.19. The van der Waals surface area contributed by atoms with Crippen molar-refractivity contribution in [2.45, 2.75) is 6.92 Å². The first-order chi connectivity index (χ1) is 17.7. The summed E-state index contributed by atoms with van der Waals surface area (Å²) in [6, 6.07) is 20.8. The normalized spacial score (nSPS) is 16.6. The van der Waals surface area contributed by atoms with Crippen molar-refractivity contribution in [3.8, 4) is 0 Å². The summed E-state index contributed by atoms with van der Waals surface area (Å²) in [5, 5.41) is 0.735. The number of nitrogens with zero attached hydrogens (tertiary/aromatic N) is 6. The van der Waals surface area contributed by atoms with Crippen molar-refractivity contribution in [2.75, 3.05) is 67.1 Å². The van der Waals surface area contributed by atoms with Crippen LogP contribution in [0, 0.1) is 6.92 Å². The molecule has 2 aromatic heterocycles. The Bertz CT molecular complexity index is 1340. The van der Waals surface area contributed by atoms with Gasteiger partial charge in [0, 0.05) is 63.7 Å². The molecule has 8 nitrogen and oxygen atoms in total. The van der Waals surface area contributed by atoms with Gasteiger partial charge in [0.05, 0.1) is 10.9 Å². The van der Waals surface area contributed by atoms with E-state index >= 15 is 0 Å². The van der Waals surface area contributed by atoms with Gasteiger partial charge in [-0.25, -0.2) is 9.97 Å². The van der Waals surface area contributed by atoms with Crippen LogP contribution in [0.2, 0.25) is 0 Å². The fourth-order valence-electron chi connectivity index (χ4n) is 5.31. The molecule has 184 valence electrons. The number of benzene rings is 2. The zero-order chi connectivity index (χ0) is 24.5. The summed E-state index contributed by atoms with van der Waals surface area (Å²) in [5.41, 5.74) is 3.50. The maximum atomic E-state index is 13.8. The van der Waals surface area contributed by atoms with E-state index in [0.717, 1.165) is 50.5 Å². The minimum atomic E-state index is -0.00191. The van der Waals surface area contributed by atoms with Gasteiger partial charge in [0.25, 0.3) is 5.91 Å². The highest BCUT2D eigenvalue weighted by atomic mass is 16.3. The van der Waals surface area contributed by atoms with Crippen LogP contribution < -0.4 is 14.7 Å². The predicted molar refractivity (Wildman–Crippen MR) is 142 cm³/mol. The minimum Gasteiger partial charge on any atom is -0.442 e. The van der Waals surface area contributed by atoms with Gasteiger partial charge in [-0.15, -0.1) is 0 Å². The third-order valence-corrected chi connectivity index (χ3v) is 7.25. The highest BCUT2D eigenvalue weighted by molar-refractivity contribution is 6.10. The number of amides is 1. The summed E-state index contributed by atoms with van der Waals surface area (Å²) in [5.74, 6) is 1.39. The Labute approximate surface area is 210 Å². The van der Waals surface area contributed by atoms with E-state index in [4.69, 9.17) is 4.42 Å². The van der Waals surface area contributed by atoms with Crippen molar-refractivity contribution in [3.63, 3.8) is 0 Å². The molecule has 0 saturated carbocycles. The lowest BCUT2D eigenvalue weighted by atomic mass is 10.1. The standard InChI is InChI=1S/C28H30N6O2/c1-21-24(28(35)34-18-14-32(15-19-34)23-10-6-3-7-11-23)25-26(29-20-30-27(25)36-21)33-16-12-31(13-17-33)22-8-4-2-5-9-22/h2-11,20H,12-19H2,1H3. The van der Waals surface area contributed by atoms with Gasteiger partial charge >= 0.3 is 0 Å². The van der Waals surface area contributed by atoms with Crippen LogP contribution in [0.4, 0.5) is 17.2 Å². The van der Waals surface area contributed by atoms with Gasteiger partial charge in [-0.2, -0.15) is 0 Å². The molecular formula is C28H30N6O2. The van der Waals surface area contributed by atoms with Gasteiger partial charge < -0.3 is 24.0 Å². The Morgan fingerprint density at radius 2 is 1.25 bits per heavy atom. The number of aryl methyl sites for hydroxylation is 1. The smallest absolute Gasteiger partial charge is 0.258 e. The van der Waals surface area contributed by atoms with Crippen LogP contribution in [0.1, 0.15) is 16.1 Å². The van der Waals surface area contributed by atoms with E-state index in [0.29, 0.717) is 30.1 Å². The summed E-state index contributed by atoms with van der Waals surface area (Å²) in [7, 11) is 0. The number of aromatic nitrogens is 2. The van der Waals surface area contributed by atoms with Gasteiger partial charge in [-0.3, -0.25) is 4.79 Å². The van der Waals surface area contributed by atoms with Crippen molar-refractivity contribution in [1.29, 1.82) is 0 Å². The highest BCUT2D eigenvalue weighted by Gasteiger charge is 2.31. The molecular weight excluding hydrogens is 452 g/mol. The Morgan fingerprint density at radius 1 is 0.722 bits per heavy atom. The largest absolute Gasteiger partial charge is 0.442 e. The first kappa shape index (κ1) is 22.4. The van der Waals surface area contributed by atoms with Crippen molar-refractivity contribution < 1.29 is 9.21 Å². The summed E-state index contributed by atoms with van der Waals surface area (Å²) in [6.07, 6.45) is 1.54. The number of carbonyl (C=O) groups is 1. The number of carbonyl (C=O) groups excluding carboxylic acids is 1. The average Bonchev–Trinajstić information content (AvgIpc) is 3.29. The Balaban J connectivity index is 1.22. The maximum absolute atomic E-state index is 13.8. The highest BCUT2D eigenvalue weighted by Crippen LogP contribution is 2.33. The fourth-order valence-corrected chi connectivity index (χ4v) is 5.31. The molecule has 0 unspecified atom stereocenters. The second-order valence-electron chi connectivity index (χ2n) is 9.34. The van der Waals surface area contributed by atoms with E-state index in [1.54, 1.807) is 0 Å². The lowest BCUT2D eigenvalue weighted by molar-refractivity contribution is 0.0746. The topological polar surface area (TPSA) is 69.0 Å². The first-order valence-electron chi connectivity index (χ1n) is 12.6. The van der Waals surface area contributed by atoms with E-state index < -0.39 is 0 Å². The monoisotopic (exact) mass is 482 g/mol. The zero-order valence-corrected chi connectivity index (χ0v) is 20.5. The second kappa shape index (κ2) is 9.53. The molecule has 6 rings (SSSR count). The third kappa shape index (κ3) is 4.12. The number of hydrogen-bond acceptors (Lipinski definition) is 7. The predicted octanol–water partition coefficient (Wildman–Crippen LogP) is 3.82. The minimum absolute atomic E-state index is 0.00191. The van der Waals surface area contributed by atoms with Crippen molar-refractivity contribution >= 4 is 34.2 Å². The lowest BCUT2D eigenvalue weighted by Gasteiger charge is -2.37. The van der Waals surface area contributed by atoms with Gasteiger partial charge in [-0.05, 0) is 31.2 Å². The van der Waals surface area contributed by atoms with Gasteiger partial charge in [0.1, 0.15) is 17.9 Å². The molecule has 0 atom stereocenters. The van der Waals surface area contributed by atoms with Crippen LogP contribution in [0.3, 0.4) is 0 Å². The molecule has 1 amide bonds. The summed E-state index contributed by atoms with van der Waals surface area (Å²) < 4.78 is 5.98. The number of fused-ring (bicyclic) bond motifs is 1. The van der Waals surface area contributed by atoms with Crippen LogP contribution in [-0.2, 0) is 0 Å². The van der Waals surface area contributed by atoms with Crippen LogP contribution in [0.25, 0.3) is 11.1 Å². The summed E-state index contributed by atoms with van der Waals surface area (Å²) >= 11 is 0. The van der Waals surface area contributed by atoms with E-state index in [-0.39, 0.29) is 5.91 Å². The first-order valence-corrected chi connectivity index (χ1v) is 12.6. The zero-order valence-electron chi connectivity index (χ0n) is 20.5. The van der Waals surface area contributed by atoms with E-state index in [1.165, 1.54) is 17.7 Å². The number of piperazine rings is 2. The van der Waals surface area contributed by atoms with Gasteiger partial charge in [0.15, 0.2) is 0 Å². The van der Waals surface area contributed by atoms with E-state index in [2.05, 4.69) is 73.2 Å². The van der Waals surface area contributed by atoms with Crippen molar-refractivity contribution in [2.24, 2.45) is 0 Å². The third-order valence-electron chi connectivity index (χ3n) is 7.25. The molecule has 2 aliphatic heterocycles. The molecule has 8 heteroatoms. The van der Waals surface area contributed by atoms with Crippen molar-refractivity contribution in [3.05, 3.63) is 78.3 Å².